The van der Waals surface area contributed by atoms with Gasteiger partial charge in [0.1, 0.15) is 6.04 Å². The van der Waals surface area contributed by atoms with Crippen LogP contribution in [0.2, 0.25) is 0 Å². The van der Waals surface area contributed by atoms with Crippen LogP contribution in [0.5, 0.6) is 0 Å². The third kappa shape index (κ3) is 6.10. The number of halogens is 1. The zero-order chi connectivity index (χ0) is 24.0. The number of likely N-dealkylation sites (tertiary alicyclic amines) is 1. The summed E-state index contributed by atoms with van der Waals surface area (Å²) in [6.45, 7) is 4.64. The van der Waals surface area contributed by atoms with Gasteiger partial charge in [0.25, 0.3) is 0 Å². The second kappa shape index (κ2) is 11.6. The molecule has 0 spiro atoms. The summed E-state index contributed by atoms with van der Waals surface area (Å²) < 4.78 is 0.927. The van der Waals surface area contributed by atoms with Crippen molar-refractivity contribution in [2.45, 2.75) is 58.5 Å². The van der Waals surface area contributed by atoms with Gasteiger partial charge in [0.2, 0.25) is 23.6 Å². The summed E-state index contributed by atoms with van der Waals surface area (Å²) in [4.78, 5) is 54.2. The van der Waals surface area contributed by atoms with E-state index in [4.69, 9.17) is 0 Å². The van der Waals surface area contributed by atoms with Crippen LogP contribution in [-0.2, 0) is 25.7 Å². The topological polar surface area (TPSA) is 86.8 Å². The largest absolute Gasteiger partial charge is 0.354 e. The van der Waals surface area contributed by atoms with Crippen molar-refractivity contribution in [2.75, 3.05) is 13.1 Å². The highest BCUT2D eigenvalue weighted by molar-refractivity contribution is 9.10. The van der Waals surface area contributed by atoms with E-state index < -0.39 is 6.04 Å². The number of carbonyl (C=O) groups excluding carboxylic acids is 4. The molecule has 8 heteroatoms. The zero-order valence-electron chi connectivity index (χ0n) is 19.3. The Labute approximate surface area is 203 Å². The highest BCUT2D eigenvalue weighted by Crippen LogP contribution is 2.35. The molecule has 1 aliphatic carbocycles. The molecule has 1 fully saturated rings. The quantitative estimate of drug-likeness (QED) is 0.292. The Morgan fingerprint density at radius 1 is 1.12 bits per heavy atom. The Hall–Kier alpha value is -2.48. The van der Waals surface area contributed by atoms with Gasteiger partial charge in [0.05, 0.1) is 11.8 Å². The lowest BCUT2D eigenvalue weighted by Gasteiger charge is -2.29. The molecule has 1 unspecified atom stereocenters. The second-order valence-electron chi connectivity index (χ2n) is 8.70. The van der Waals surface area contributed by atoms with Crippen LogP contribution in [0.25, 0.3) is 0 Å². The second-order valence-corrected chi connectivity index (χ2v) is 9.62. The molecule has 1 aromatic rings. The van der Waals surface area contributed by atoms with Crippen molar-refractivity contribution in [2.24, 2.45) is 11.8 Å². The van der Waals surface area contributed by atoms with E-state index in [1.165, 1.54) is 9.80 Å². The molecule has 1 saturated heterocycles. The van der Waals surface area contributed by atoms with E-state index in [1.54, 1.807) is 6.92 Å². The summed E-state index contributed by atoms with van der Waals surface area (Å²) in [6.07, 6.45) is 6.86. The number of hydrogen-bond donors (Lipinski definition) is 1. The van der Waals surface area contributed by atoms with Crippen LogP contribution in [0, 0.1) is 11.8 Å². The van der Waals surface area contributed by atoms with Crippen molar-refractivity contribution in [3.8, 4) is 0 Å². The number of nitrogens with one attached hydrogen (secondary N) is 1. The maximum absolute atomic E-state index is 13.2. The number of nitrogens with zero attached hydrogens (tertiary/aromatic N) is 2. The van der Waals surface area contributed by atoms with Crippen molar-refractivity contribution < 1.29 is 19.2 Å². The molecule has 1 N–H and O–H groups in total. The van der Waals surface area contributed by atoms with E-state index in [1.807, 2.05) is 43.3 Å². The number of rotatable bonds is 10. The molecule has 0 saturated carbocycles. The van der Waals surface area contributed by atoms with Crippen LogP contribution in [0.4, 0.5) is 0 Å². The first-order valence-corrected chi connectivity index (χ1v) is 12.4. The number of imide groups is 1. The van der Waals surface area contributed by atoms with Crippen molar-refractivity contribution in [1.82, 2.24) is 15.1 Å². The van der Waals surface area contributed by atoms with Gasteiger partial charge in [0, 0.05) is 30.5 Å². The van der Waals surface area contributed by atoms with Crippen LogP contribution >= 0.6 is 15.9 Å². The standard InChI is InChI=1S/C25H32BrN3O4/c1-3-4-14-27-23(31)17(2)29(16-18-9-11-19(26)12-10-18)22(30)13-15-28-24(32)20-7-5-6-8-21(20)25(28)33/h5-6,9-12,17,20-21H,3-4,7-8,13-16H2,1-2H3,(H,27,31)/t17?,20-,21+. The minimum Gasteiger partial charge on any atom is -0.354 e. The maximum Gasteiger partial charge on any atom is 0.242 e. The number of amides is 4. The fraction of sp³-hybridized carbons (Fsp3) is 0.520. The van der Waals surface area contributed by atoms with Gasteiger partial charge in [-0.3, -0.25) is 24.1 Å². The predicted molar refractivity (Wildman–Crippen MR) is 129 cm³/mol. The molecule has 0 aromatic heterocycles. The Bertz CT molecular complexity index is 889. The minimum absolute atomic E-state index is 0.00649. The molecule has 3 rings (SSSR count). The SMILES string of the molecule is CCCCNC(=O)C(C)N(Cc1ccc(Br)cc1)C(=O)CCN1C(=O)[C@H]2CC=CC[C@H]2C1=O. The number of hydrogen-bond acceptors (Lipinski definition) is 4. The van der Waals surface area contributed by atoms with E-state index in [2.05, 4.69) is 21.2 Å². The smallest absolute Gasteiger partial charge is 0.242 e. The van der Waals surface area contributed by atoms with Gasteiger partial charge in [-0.2, -0.15) is 0 Å². The van der Waals surface area contributed by atoms with Crippen LogP contribution in [0.3, 0.4) is 0 Å². The molecule has 0 bridgehead atoms. The summed E-state index contributed by atoms with van der Waals surface area (Å²) >= 11 is 3.41. The molecule has 4 amide bonds. The molecule has 0 radical (unpaired) electrons. The van der Waals surface area contributed by atoms with Crippen LogP contribution in [0.1, 0.15) is 51.5 Å². The molecule has 33 heavy (non-hydrogen) atoms. The van der Waals surface area contributed by atoms with Crippen LogP contribution < -0.4 is 5.32 Å². The van der Waals surface area contributed by atoms with Gasteiger partial charge in [-0.15, -0.1) is 0 Å². The average Bonchev–Trinajstić information content (AvgIpc) is 3.06. The Morgan fingerprint density at radius 3 is 2.30 bits per heavy atom. The molecular weight excluding hydrogens is 486 g/mol. The Morgan fingerprint density at radius 2 is 1.73 bits per heavy atom. The summed E-state index contributed by atoms with van der Waals surface area (Å²) in [6, 6.07) is 6.91. The monoisotopic (exact) mass is 517 g/mol. The highest BCUT2D eigenvalue weighted by Gasteiger charge is 2.47. The van der Waals surface area contributed by atoms with Gasteiger partial charge >= 0.3 is 0 Å². The third-order valence-corrected chi connectivity index (χ3v) is 6.94. The molecule has 1 heterocycles. The molecule has 2 aliphatic rings. The van der Waals surface area contributed by atoms with E-state index in [0.29, 0.717) is 19.4 Å². The summed E-state index contributed by atoms with van der Waals surface area (Å²) in [5, 5.41) is 2.89. The molecule has 7 nitrogen and oxygen atoms in total. The lowest BCUT2D eigenvalue weighted by Crippen LogP contribution is -2.48. The Balaban J connectivity index is 1.68. The molecule has 178 valence electrons. The lowest BCUT2D eigenvalue weighted by molar-refractivity contribution is -0.143. The third-order valence-electron chi connectivity index (χ3n) is 6.41. The fourth-order valence-corrected chi connectivity index (χ4v) is 4.61. The van der Waals surface area contributed by atoms with Crippen molar-refractivity contribution in [1.29, 1.82) is 0 Å². The first-order valence-electron chi connectivity index (χ1n) is 11.6. The van der Waals surface area contributed by atoms with Gasteiger partial charge in [-0.25, -0.2) is 0 Å². The predicted octanol–water partition coefficient (Wildman–Crippen LogP) is 3.42. The van der Waals surface area contributed by atoms with E-state index in [9.17, 15) is 19.2 Å². The lowest BCUT2D eigenvalue weighted by atomic mass is 9.85. The van der Waals surface area contributed by atoms with E-state index in [0.717, 1.165) is 22.9 Å². The summed E-state index contributed by atoms with van der Waals surface area (Å²) in [7, 11) is 0. The summed E-state index contributed by atoms with van der Waals surface area (Å²) in [5.41, 5.74) is 0.894. The zero-order valence-corrected chi connectivity index (χ0v) is 20.8. The van der Waals surface area contributed by atoms with Crippen LogP contribution in [0.15, 0.2) is 40.9 Å². The number of allylic oxidation sites excluding steroid dienone is 2. The van der Waals surface area contributed by atoms with E-state index >= 15 is 0 Å². The van der Waals surface area contributed by atoms with Gasteiger partial charge in [-0.05, 0) is 43.9 Å². The van der Waals surface area contributed by atoms with Crippen molar-refractivity contribution in [3.63, 3.8) is 0 Å². The summed E-state index contributed by atoms with van der Waals surface area (Å²) in [5.74, 6) is -1.46. The molecule has 1 aromatic carbocycles. The maximum atomic E-state index is 13.2. The van der Waals surface area contributed by atoms with Crippen LogP contribution in [-0.4, -0.2) is 52.6 Å². The molecule has 1 aliphatic heterocycles. The normalized spacial score (nSPS) is 20.5. The highest BCUT2D eigenvalue weighted by atomic mass is 79.9. The first-order chi connectivity index (χ1) is 15.8. The first kappa shape index (κ1) is 25.1. The molecule has 3 atom stereocenters. The van der Waals surface area contributed by atoms with E-state index in [-0.39, 0.29) is 55.0 Å². The minimum atomic E-state index is -0.672. The van der Waals surface area contributed by atoms with Gasteiger partial charge < -0.3 is 10.2 Å². The van der Waals surface area contributed by atoms with Crippen molar-refractivity contribution >= 4 is 39.6 Å². The average molecular weight is 518 g/mol. The number of unbranched alkanes of at least 4 members (excludes halogenated alkanes) is 1. The Kier molecular flexibility index (Phi) is 8.83. The fourth-order valence-electron chi connectivity index (χ4n) is 4.35. The van der Waals surface area contributed by atoms with Gasteiger partial charge in [-0.1, -0.05) is 53.6 Å². The number of fused-ring (bicyclic) bond motifs is 1. The molecular formula is C25H32BrN3O4. The number of carbonyl (C=O) groups is 4. The number of benzene rings is 1. The van der Waals surface area contributed by atoms with Gasteiger partial charge in [0.15, 0.2) is 0 Å². The van der Waals surface area contributed by atoms with Crippen molar-refractivity contribution in [3.05, 3.63) is 46.5 Å².